The van der Waals surface area contributed by atoms with E-state index >= 15 is 0 Å². The van der Waals surface area contributed by atoms with Gasteiger partial charge in [-0.25, -0.2) is 8.42 Å². The summed E-state index contributed by atoms with van der Waals surface area (Å²) in [6.45, 7) is 5.84. The van der Waals surface area contributed by atoms with Gasteiger partial charge in [0.05, 0.1) is 24.1 Å². The van der Waals surface area contributed by atoms with Crippen LogP contribution in [0.5, 0.6) is 5.75 Å². The molecule has 0 aliphatic carbocycles. The largest absolute Gasteiger partial charge is 0.495 e. The van der Waals surface area contributed by atoms with Crippen LogP contribution in [-0.4, -0.2) is 57.1 Å². The summed E-state index contributed by atoms with van der Waals surface area (Å²) in [5.41, 5.74) is 1.01. The molecular formula is C27H36Cl3N3O5S. The summed E-state index contributed by atoms with van der Waals surface area (Å²) in [4.78, 5) is 28.2. The van der Waals surface area contributed by atoms with Crippen molar-refractivity contribution in [1.29, 1.82) is 0 Å². The summed E-state index contributed by atoms with van der Waals surface area (Å²) < 4.78 is 31.5. The number of amides is 2. The first-order valence-corrected chi connectivity index (χ1v) is 15.7. The molecule has 12 heteroatoms. The maximum Gasteiger partial charge on any atom is 0.243 e. The summed E-state index contributed by atoms with van der Waals surface area (Å²) in [7, 11) is -2.20. The van der Waals surface area contributed by atoms with Crippen molar-refractivity contribution in [2.45, 2.75) is 65.1 Å². The number of carbonyl (C=O) groups excluding carboxylic acids is 2. The number of sulfonamides is 1. The first-order valence-electron chi connectivity index (χ1n) is 12.7. The first kappa shape index (κ1) is 33.0. The van der Waals surface area contributed by atoms with Crippen LogP contribution < -0.4 is 14.4 Å². The minimum Gasteiger partial charge on any atom is -0.495 e. The molecule has 0 unspecified atom stereocenters. The molecule has 0 bridgehead atoms. The van der Waals surface area contributed by atoms with E-state index < -0.39 is 16.1 Å². The highest BCUT2D eigenvalue weighted by Crippen LogP contribution is 2.30. The molecule has 0 saturated carbocycles. The third kappa shape index (κ3) is 9.45. The van der Waals surface area contributed by atoms with E-state index in [2.05, 4.69) is 5.32 Å². The van der Waals surface area contributed by atoms with E-state index in [1.165, 1.54) is 22.4 Å². The standard InChI is InChI=1S/C27H36Cl3N3O5S/c1-6-18(3)31-27(35)24(7-2)32(17-19-10-11-20(28)15-22(19)29)26(34)9-8-14-33(39(5,36)37)21-12-13-25(38-4)23(30)16-21/h10-13,15-16,18,24H,6-9,14,17H2,1-5H3,(H,31,35)/t18-,24-/m0/s1. The molecule has 2 rings (SSSR count). The number of hydrogen-bond acceptors (Lipinski definition) is 5. The Labute approximate surface area is 246 Å². The first-order chi connectivity index (χ1) is 18.3. The number of anilines is 1. The summed E-state index contributed by atoms with van der Waals surface area (Å²) >= 11 is 18.7. The minimum absolute atomic E-state index is 0.00816. The Bertz CT molecular complexity index is 1260. The molecule has 0 heterocycles. The van der Waals surface area contributed by atoms with Crippen LogP contribution in [0.25, 0.3) is 0 Å². The van der Waals surface area contributed by atoms with Crippen LogP contribution in [0.3, 0.4) is 0 Å². The zero-order valence-electron chi connectivity index (χ0n) is 22.8. The second-order valence-corrected chi connectivity index (χ2v) is 12.4. The maximum atomic E-state index is 13.6. The number of ether oxygens (including phenoxy) is 1. The van der Waals surface area contributed by atoms with Crippen molar-refractivity contribution in [3.8, 4) is 5.75 Å². The van der Waals surface area contributed by atoms with Crippen LogP contribution in [0.4, 0.5) is 5.69 Å². The van der Waals surface area contributed by atoms with Gasteiger partial charge in [-0.2, -0.15) is 0 Å². The molecule has 2 aromatic carbocycles. The number of nitrogens with one attached hydrogen (secondary N) is 1. The highest BCUT2D eigenvalue weighted by atomic mass is 35.5. The van der Waals surface area contributed by atoms with E-state index in [0.717, 1.165) is 12.7 Å². The van der Waals surface area contributed by atoms with Gasteiger partial charge < -0.3 is 15.0 Å². The summed E-state index contributed by atoms with van der Waals surface area (Å²) in [5.74, 6) is -0.133. The number of methoxy groups -OCH3 is 1. The fourth-order valence-electron chi connectivity index (χ4n) is 4.01. The fraction of sp³-hybridized carbons (Fsp3) is 0.481. The molecule has 1 N–H and O–H groups in total. The van der Waals surface area contributed by atoms with E-state index in [9.17, 15) is 18.0 Å². The molecule has 0 aliphatic heterocycles. The minimum atomic E-state index is -3.67. The van der Waals surface area contributed by atoms with Crippen molar-refractivity contribution in [3.05, 3.63) is 57.0 Å². The van der Waals surface area contributed by atoms with Gasteiger partial charge in [-0.15, -0.1) is 0 Å². The van der Waals surface area contributed by atoms with Gasteiger partial charge in [-0.05, 0) is 62.1 Å². The summed E-state index contributed by atoms with van der Waals surface area (Å²) in [6, 6.07) is 8.88. The quantitative estimate of drug-likeness (QED) is 0.283. The molecule has 0 aromatic heterocycles. The Morgan fingerprint density at radius 2 is 1.72 bits per heavy atom. The summed E-state index contributed by atoms with van der Waals surface area (Å²) in [6.07, 6.45) is 2.45. The molecule has 0 radical (unpaired) electrons. The van der Waals surface area contributed by atoms with Crippen molar-refractivity contribution in [2.24, 2.45) is 0 Å². The van der Waals surface area contributed by atoms with Gasteiger partial charge in [-0.3, -0.25) is 13.9 Å². The molecule has 8 nitrogen and oxygen atoms in total. The van der Waals surface area contributed by atoms with Crippen molar-refractivity contribution in [1.82, 2.24) is 10.2 Å². The molecule has 0 fully saturated rings. The summed E-state index contributed by atoms with van der Waals surface area (Å²) in [5, 5.41) is 4.07. The molecule has 0 spiro atoms. The zero-order valence-corrected chi connectivity index (χ0v) is 25.9. The Kier molecular flexibility index (Phi) is 12.7. The monoisotopic (exact) mass is 619 g/mol. The second-order valence-electron chi connectivity index (χ2n) is 9.26. The Balaban J connectivity index is 2.28. The lowest BCUT2D eigenvalue weighted by molar-refractivity contribution is -0.141. The molecule has 0 saturated heterocycles. The van der Waals surface area contributed by atoms with Crippen LogP contribution in [0, 0.1) is 0 Å². The van der Waals surface area contributed by atoms with Crippen LogP contribution in [0.1, 0.15) is 52.0 Å². The SMILES string of the molecule is CC[C@H](C)NC(=O)[C@H](CC)N(Cc1ccc(Cl)cc1Cl)C(=O)CCCN(c1ccc(OC)c(Cl)c1)S(C)(=O)=O. The predicted molar refractivity (Wildman–Crippen MR) is 158 cm³/mol. The number of halogens is 3. The second kappa shape index (κ2) is 15.0. The molecule has 2 atom stereocenters. The van der Waals surface area contributed by atoms with E-state index in [4.69, 9.17) is 39.5 Å². The predicted octanol–water partition coefficient (Wildman–Crippen LogP) is 5.92. The van der Waals surface area contributed by atoms with E-state index in [1.54, 1.807) is 30.3 Å². The van der Waals surface area contributed by atoms with Crippen LogP contribution >= 0.6 is 34.8 Å². The van der Waals surface area contributed by atoms with Gasteiger partial charge in [0.15, 0.2) is 0 Å². The number of nitrogens with zero attached hydrogens (tertiary/aromatic N) is 2. The van der Waals surface area contributed by atoms with Crippen molar-refractivity contribution in [2.75, 3.05) is 24.2 Å². The number of hydrogen-bond donors (Lipinski definition) is 1. The van der Waals surface area contributed by atoms with E-state index in [-0.39, 0.29) is 48.8 Å². The van der Waals surface area contributed by atoms with Crippen LogP contribution in [0.2, 0.25) is 15.1 Å². The molecule has 0 aliphatic rings. The van der Waals surface area contributed by atoms with Gasteiger partial charge in [-0.1, -0.05) is 54.7 Å². The van der Waals surface area contributed by atoms with E-state index in [1.807, 2.05) is 20.8 Å². The topological polar surface area (TPSA) is 96.0 Å². The smallest absolute Gasteiger partial charge is 0.243 e. The fourth-order valence-corrected chi connectivity index (χ4v) is 5.69. The molecule has 2 amide bonds. The average molecular weight is 621 g/mol. The van der Waals surface area contributed by atoms with Gasteiger partial charge >= 0.3 is 0 Å². The van der Waals surface area contributed by atoms with Gasteiger partial charge in [0.1, 0.15) is 11.8 Å². The molecule has 39 heavy (non-hydrogen) atoms. The van der Waals surface area contributed by atoms with Crippen molar-refractivity contribution in [3.63, 3.8) is 0 Å². The Morgan fingerprint density at radius 3 is 2.26 bits per heavy atom. The van der Waals surface area contributed by atoms with Crippen molar-refractivity contribution < 1.29 is 22.7 Å². The van der Waals surface area contributed by atoms with Crippen LogP contribution in [0.15, 0.2) is 36.4 Å². The van der Waals surface area contributed by atoms with Crippen molar-refractivity contribution >= 4 is 62.3 Å². The maximum absolute atomic E-state index is 13.6. The number of rotatable bonds is 14. The van der Waals surface area contributed by atoms with Gasteiger partial charge in [0.2, 0.25) is 21.8 Å². The average Bonchev–Trinajstić information content (AvgIpc) is 2.86. The number of carbonyl (C=O) groups is 2. The lowest BCUT2D eigenvalue weighted by atomic mass is 10.1. The van der Waals surface area contributed by atoms with E-state index in [0.29, 0.717) is 33.5 Å². The Morgan fingerprint density at radius 1 is 1.03 bits per heavy atom. The normalized spacial score (nSPS) is 12.9. The van der Waals surface area contributed by atoms with Gasteiger partial charge in [0, 0.05) is 35.6 Å². The lowest BCUT2D eigenvalue weighted by Crippen LogP contribution is -2.50. The highest BCUT2D eigenvalue weighted by Gasteiger charge is 2.30. The van der Waals surface area contributed by atoms with Crippen LogP contribution in [-0.2, 0) is 26.2 Å². The Hall–Kier alpha value is -2.20. The molecular weight excluding hydrogens is 585 g/mol. The lowest BCUT2D eigenvalue weighted by Gasteiger charge is -2.32. The van der Waals surface area contributed by atoms with Gasteiger partial charge in [0.25, 0.3) is 0 Å². The third-order valence-electron chi connectivity index (χ3n) is 6.32. The third-order valence-corrected chi connectivity index (χ3v) is 8.39. The number of benzene rings is 2. The zero-order chi connectivity index (χ0) is 29.3. The highest BCUT2D eigenvalue weighted by molar-refractivity contribution is 7.92. The molecule has 216 valence electrons. The molecule has 2 aromatic rings.